The first-order valence-corrected chi connectivity index (χ1v) is 6.86. The number of carbonyl (C=O) groups excluding carboxylic acids is 2. The molecule has 1 aliphatic carbocycles. The monoisotopic (exact) mass is 315 g/mol. The largest absolute Gasteiger partial charge is 0.471 e. The van der Waals surface area contributed by atoms with Gasteiger partial charge in [0.25, 0.3) is 0 Å². The molecule has 4 nitrogen and oxygen atoms in total. The Morgan fingerprint density at radius 1 is 1.27 bits per heavy atom. The van der Waals surface area contributed by atoms with Crippen molar-refractivity contribution in [2.75, 3.05) is 0 Å². The molecule has 120 valence electrons. The van der Waals surface area contributed by atoms with Crippen LogP contribution in [0.2, 0.25) is 0 Å². The fraction of sp³-hybridized carbons (Fsp3) is 0.467. The molecule has 0 fully saturated rings. The number of nitrogens with one attached hydrogen (secondary N) is 1. The van der Waals surface area contributed by atoms with Crippen LogP contribution < -0.4 is 5.32 Å². The summed E-state index contributed by atoms with van der Waals surface area (Å²) in [7, 11) is 0. The third-order valence-corrected chi connectivity index (χ3v) is 3.47. The highest BCUT2D eigenvalue weighted by Gasteiger charge is 2.44. The number of fused-ring (bicyclic) bond motifs is 1. The maximum absolute atomic E-state index is 12.5. The van der Waals surface area contributed by atoms with E-state index in [1.165, 1.54) is 0 Å². The lowest BCUT2D eigenvalue weighted by Crippen LogP contribution is -2.43. The molecule has 1 aromatic carbocycles. The van der Waals surface area contributed by atoms with E-state index in [0.717, 1.165) is 5.56 Å². The molecular weight excluding hydrogens is 299 g/mol. The minimum atomic E-state index is -4.98. The zero-order valence-electron chi connectivity index (χ0n) is 12.1. The van der Waals surface area contributed by atoms with Gasteiger partial charge in [-0.05, 0) is 11.1 Å². The summed E-state index contributed by atoms with van der Waals surface area (Å²) in [4.78, 5) is 22.9. The predicted octanol–water partition coefficient (Wildman–Crippen LogP) is 2.53. The lowest BCUT2D eigenvalue weighted by molar-refractivity contribution is -0.176. The van der Waals surface area contributed by atoms with Crippen LogP contribution in [0.5, 0.6) is 0 Å². The van der Waals surface area contributed by atoms with E-state index < -0.39 is 36.1 Å². The van der Waals surface area contributed by atoms with Crippen LogP contribution in [-0.2, 0) is 20.7 Å². The molecule has 1 aromatic rings. The van der Waals surface area contributed by atoms with Gasteiger partial charge in [0, 0.05) is 6.42 Å². The van der Waals surface area contributed by atoms with Gasteiger partial charge in [-0.2, -0.15) is 13.2 Å². The number of esters is 1. The zero-order chi connectivity index (χ0) is 16.5. The molecule has 0 radical (unpaired) electrons. The summed E-state index contributed by atoms with van der Waals surface area (Å²) >= 11 is 0. The molecule has 2 atom stereocenters. The van der Waals surface area contributed by atoms with Crippen molar-refractivity contribution >= 4 is 11.9 Å². The molecule has 1 aliphatic rings. The molecule has 22 heavy (non-hydrogen) atoms. The van der Waals surface area contributed by atoms with Gasteiger partial charge < -0.3 is 10.1 Å². The molecule has 7 heteroatoms. The van der Waals surface area contributed by atoms with E-state index >= 15 is 0 Å². The van der Waals surface area contributed by atoms with Crippen LogP contribution in [0, 0.1) is 5.92 Å². The van der Waals surface area contributed by atoms with Crippen LogP contribution >= 0.6 is 0 Å². The number of amides is 1. The Kier molecular flexibility index (Phi) is 4.44. The fourth-order valence-electron chi connectivity index (χ4n) is 2.35. The SMILES string of the molecule is CC(C)C(=O)O[C@@H]1Cc2ccccc2[C@@H]1NC(=O)C(F)(F)F. The van der Waals surface area contributed by atoms with Gasteiger partial charge >= 0.3 is 18.1 Å². The second-order valence-electron chi connectivity index (χ2n) is 5.48. The van der Waals surface area contributed by atoms with Gasteiger partial charge in [0.1, 0.15) is 6.10 Å². The van der Waals surface area contributed by atoms with Crippen molar-refractivity contribution in [3.63, 3.8) is 0 Å². The van der Waals surface area contributed by atoms with Crippen molar-refractivity contribution in [1.29, 1.82) is 0 Å². The highest BCUT2D eigenvalue weighted by atomic mass is 19.4. The molecule has 0 bridgehead atoms. The van der Waals surface area contributed by atoms with Crippen LogP contribution in [0.4, 0.5) is 13.2 Å². The third kappa shape index (κ3) is 3.40. The van der Waals surface area contributed by atoms with Crippen molar-refractivity contribution in [2.45, 2.75) is 38.6 Å². The summed E-state index contributed by atoms with van der Waals surface area (Å²) in [5.74, 6) is -2.95. The van der Waals surface area contributed by atoms with E-state index in [-0.39, 0.29) is 6.42 Å². The van der Waals surface area contributed by atoms with E-state index in [0.29, 0.717) is 5.56 Å². The number of alkyl halides is 3. The van der Waals surface area contributed by atoms with Crippen molar-refractivity contribution in [3.8, 4) is 0 Å². The first-order valence-electron chi connectivity index (χ1n) is 6.86. The standard InChI is InChI=1S/C15H16F3NO3/c1-8(2)13(20)22-11-7-9-5-3-4-6-10(9)12(11)19-14(21)15(16,17)18/h3-6,8,11-12H,7H2,1-2H3,(H,19,21)/t11-,12+/m1/s1. The van der Waals surface area contributed by atoms with Crippen molar-refractivity contribution < 1.29 is 27.5 Å². The summed E-state index contributed by atoms with van der Waals surface area (Å²) in [6.45, 7) is 3.27. The van der Waals surface area contributed by atoms with Crippen molar-refractivity contribution in [2.24, 2.45) is 5.92 Å². The average Bonchev–Trinajstić information content (AvgIpc) is 2.75. The predicted molar refractivity (Wildman–Crippen MR) is 71.8 cm³/mol. The van der Waals surface area contributed by atoms with Crippen LogP contribution in [0.1, 0.15) is 31.0 Å². The van der Waals surface area contributed by atoms with Gasteiger partial charge in [-0.15, -0.1) is 0 Å². The topological polar surface area (TPSA) is 55.4 Å². The second-order valence-corrected chi connectivity index (χ2v) is 5.48. The van der Waals surface area contributed by atoms with E-state index in [1.54, 1.807) is 38.1 Å². The molecule has 1 amide bonds. The Morgan fingerprint density at radius 3 is 2.50 bits per heavy atom. The number of hydrogen-bond donors (Lipinski definition) is 1. The van der Waals surface area contributed by atoms with E-state index in [2.05, 4.69) is 0 Å². The van der Waals surface area contributed by atoms with Crippen molar-refractivity contribution in [1.82, 2.24) is 5.32 Å². The quantitative estimate of drug-likeness (QED) is 0.872. The van der Waals surface area contributed by atoms with Crippen molar-refractivity contribution in [3.05, 3.63) is 35.4 Å². The lowest BCUT2D eigenvalue weighted by Gasteiger charge is -2.23. The maximum Gasteiger partial charge on any atom is 0.471 e. The van der Waals surface area contributed by atoms with Gasteiger partial charge in [0.2, 0.25) is 0 Å². The van der Waals surface area contributed by atoms with E-state index in [1.807, 2.05) is 5.32 Å². The lowest BCUT2D eigenvalue weighted by atomic mass is 10.1. The molecule has 1 N–H and O–H groups in total. The average molecular weight is 315 g/mol. The first-order chi connectivity index (χ1) is 10.2. The molecule has 0 saturated heterocycles. The Labute approximate surface area is 125 Å². The number of benzene rings is 1. The van der Waals surface area contributed by atoms with E-state index in [9.17, 15) is 22.8 Å². The van der Waals surface area contributed by atoms with Gasteiger partial charge in [-0.1, -0.05) is 38.1 Å². The van der Waals surface area contributed by atoms with Gasteiger partial charge in [-0.25, -0.2) is 0 Å². The molecule has 0 unspecified atom stereocenters. The Bertz CT molecular complexity index is 584. The van der Waals surface area contributed by atoms with Crippen LogP contribution in [0.25, 0.3) is 0 Å². The fourth-order valence-corrected chi connectivity index (χ4v) is 2.35. The highest BCUT2D eigenvalue weighted by Crippen LogP contribution is 2.34. The van der Waals surface area contributed by atoms with Gasteiger partial charge in [-0.3, -0.25) is 9.59 Å². The summed E-state index contributed by atoms with van der Waals surface area (Å²) in [5.41, 5.74) is 1.30. The number of halogens is 3. The zero-order valence-corrected chi connectivity index (χ0v) is 12.1. The summed E-state index contributed by atoms with van der Waals surface area (Å²) in [6.07, 6.45) is -5.54. The third-order valence-electron chi connectivity index (χ3n) is 3.47. The maximum atomic E-state index is 12.5. The number of rotatable bonds is 3. The Morgan fingerprint density at radius 2 is 1.91 bits per heavy atom. The molecule has 0 aromatic heterocycles. The number of ether oxygens (including phenoxy) is 1. The molecule has 0 saturated carbocycles. The molecule has 0 spiro atoms. The van der Waals surface area contributed by atoms with Crippen LogP contribution in [-0.4, -0.2) is 24.2 Å². The smallest absolute Gasteiger partial charge is 0.459 e. The minimum absolute atomic E-state index is 0.275. The first kappa shape index (κ1) is 16.3. The number of carbonyl (C=O) groups is 2. The summed E-state index contributed by atoms with van der Waals surface area (Å²) < 4.78 is 42.7. The van der Waals surface area contributed by atoms with Crippen LogP contribution in [0.3, 0.4) is 0 Å². The highest BCUT2D eigenvalue weighted by molar-refractivity contribution is 5.82. The summed E-state index contributed by atoms with van der Waals surface area (Å²) in [6, 6.07) is 5.78. The summed E-state index contributed by atoms with van der Waals surface area (Å²) in [5, 5.41) is 1.93. The minimum Gasteiger partial charge on any atom is -0.459 e. The molecule has 0 aliphatic heterocycles. The molecule has 2 rings (SSSR count). The van der Waals surface area contributed by atoms with Gasteiger partial charge in [0.15, 0.2) is 0 Å². The molecule has 0 heterocycles. The van der Waals surface area contributed by atoms with E-state index in [4.69, 9.17) is 4.74 Å². The Balaban J connectivity index is 2.23. The Hall–Kier alpha value is -2.05. The molecular formula is C15H16F3NO3. The second kappa shape index (κ2) is 5.98. The number of hydrogen-bond acceptors (Lipinski definition) is 3. The van der Waals surface area contributed by atoms with Gasteiger partial charge in [0.05, 0.1) is 12.0 Å². The normalized spacial score (nSPS) is 20.6. The van der Waals surface area contributed by atoms with Crippen LogP contribution in [0.15, 0.2) is 24.3 Å².